The lowest BCUT2D eigenvalue weighted by molar-refractivity contribution is -0.183. The summed E-state index contributed by atoms with van der Waals surface area (Å²) in [5.41, 5.74) is 0.322. The maximum Gasteiger partial charge on any atom is 0.303 e. The summed E-state index contributed by atoms with van der Waals surface area (Å²) in [7, 11) is 0. The van der Waals surface area contributed by atoms with Crippen LogP contribution in [0.25, 0.3) is 0 Å². The van der Waals surface area contributed by atoms with Crippen LogP contribution in [0.1, 0.15) is 83.3 Å². The van der Waals surface area contributed by atoms with Gasteiger partial charge in [-0.2, -0.15) is 0 Å². The third kappa shape index (κ3) is 4.76. The molecular formula is C28H39NO6. The molecule has 1 aliphatic carbocycles. The number of para-hydroxylation sites is 1. The van der Waals surface area contributed by atoms with Crippen LogP contribution in [0.3, 0.4) is 0 Å². The van der Waals surface area contributed by atoms with E-state index in [-0.39, 0.29) is 23.9 Å². The molecular weight excluding hydrogens is 446 g/mol. The zero-order chi connectivity index (χ0) is 24.6. The highest BCUT2D eigenvalue weighted by molar-refractivity contribution is 5.76. The van der Waals surface area contributed by atoms with Crippen molar-refractivity contribution in [3.05, 3.63) is 23.8 Å². The van der Waals surface area contributed by atoms with Crippen molar-refractivity contribution in [1.29, 1.82) is 0 Å². The Morgan fingerprint density at radius 2 is 2.00 bits per heavy atom. The molecule has 3 fully saturated rings. The zero-order valence-electron chi connectivity index (χ0n) is 21.1. The van der Waals surface area contributed by atoms with Gasteiger partial charge in [0.2, 0.25) is 5.91 Å². The number of carboxylic acids is 1. The first-order valence-corrected chi connectivity index (χ1v) is 13.4. The first-order valence-electron chi connectivity index (χ1n) is 13.4. The van der Waals surface area contributed by atoms with Crippen molar-refractivity contribution < 1.29 is 28.9 Å². The number of hydrogen-bond donors (Lipinski definition) is 1. The molecule has 0 radical (unpaired) electrons. The van der Waals surface area contributed by atoms with E-state index in [1.807, 2.05) is 32.0 Å². The van der Waals surface area contributed by atoms with Crippen LogP contribution < -0.4 is 9.47 Å². The van der Waals surface area contributed by atoms with E-state index in [4.69, 9.17) is 14.2 Å². The molecule has 1 spiro atoms. The Morgan fingerprint density at radius 3 is 2.66 bits per heavy atom. The summed E-state index contributed by atoms with van der Waals surface area (Å²) in [5.74, 6) is 1.50. The van der Waals surface area contributed by atoms with Gasteiger partial charge in [0.05, 0.1) is 19.3 Å². The van der Waals surface area contributed by atoms with Gasteiger partial charge in [-0.15, -0.1) is 0 Å². The van der Waals surface area contributed by atoms with Crippen molar-refractivity contribution in [2.45, 2.75) is 83.3 Å². The molecule has 0 aromatic heterocycles. The van der Waals surface area contributed by atoms with Crippen LogP contribution in [0.15, 0.2) is 18.2 Å². The molecule has 7 nitrogen and oxygen atoms in total. The second-order valence-corrected chi connectivity index (χ2v) is 11.3. The molecule has 7 heteroatoms. The summed E-state index contributed by atoms with van der Waals surface area (Å²) in [5, 5.41) is 9.45. The second-order valence-electron chi connectivity index (χ2n) is 11.3. The van der Waals surface area contributed by atoms with E-state index in [9.17, 15) is 14.7 Å². The summed E-state index contributed by atoms with van der Waals surface area (Å²) in [6.45, 7) is 6.73. The van der Waals surface area contributed by atoms with E-state index >= 15 is 0 Å². The summed E-state index contributed by atoms with van der Waals surface area (Å²) in [4.78, 5) is 26.3. The van der Waals surface area contributed by atoms with Crippen LogP contribution in [-0.4, -0.2) is 53.8 Å². The predicted octanol–water partition coefficient (Wildman–Crippen LogP) is 4.98. The monoisotopic (exact) mass is 485 g/mol. The van der Waals surface area contributed by atoms with Crippen molar-refractivity contribution in [1.82, 2.24) is 4.90 Å². The molecule has 5 rings (SSSR count). The minimum absolute atomic E-state index is 0.00269. The van der Waals surface area contributed by atoms with Crippen LogP contribution in [0.2, 0.25) is 0 Å². The Hall–Kier alpha value is -2.28. The molecule has 3 aliphatic heterocycles. The molecule has 1 aromatic rings. The molecule has 1 saturated carbocycles. The van der Waals surface area contributed by atoms with Gasteiger partial charge in [0.1, 0.15) is 5.60 Å². The number of carbonyl (C=O) groups is 2. The number of piperidine rings is 1. The van der Waals surface area contributed by atoms with Gasteiger partial charge in [-0.1, -0.05) is 18.6 Å². The van der Waals surface area contributed by atoms with Crippen molar-refractivity contribution in [2.24, 2.45) is 17.3 Å². The fourth-order valence-corrected chi connectivity index (χ4v) is 6.55. The molecule has 3 atom stereocenters. The number of amides is 1. The topological polar surface area (TPSA) is 85.3 Å². The number of aliphatic carboxylic acids is 1. The van der Waals surface area contributed by atoms with Crippen molar-refractivity contribution in [3.8, 4) is 11.5 Å². The number of hydrogen-bond acceptors (Lipinski definition) is 5. The average Bonchev–Trinajstić information content (AvgIpc) is 2.82. The lowest BCUT2D eigenvalue weighted by atomic mass is 9.63. The van der Waals surface area contributed by atoms with Gasteiger partial charge in [0, 0.05) is 37.4 Å². The summed E-state index contributed by atoms with van der Waals surface area (Å²) in [6.07, 6.45) is 7.42. The van der Waals surface area contributed by atoms with E-state index in [2.05, 4.69) is 4.90 Å². The van der Waals surface area contributed by atoms with E-state index in [1.165, 1.54) is 19.3 Å². The minimum Gasteiger partial charge on any atom is -0.490 e. The normalized spacial score (nSPS) is 29.5. The molecule has 1 amide bonds. The van der Waals surface area contributed by atoms with E-state index < -0.39 is 11.6 Å². The number of nitrogens with zero attached hydrogens (tertiary/aromatic N) is 1. The smallest absolute Gasteiger partial charge is 0.303 e. The first-order chi connectivity index (χ1) is 16.8. The number of ether oxygens (including phenoxy) is 3. The van der Waals surface area contributed by atoms with Gasteiger partial charge >= 0.3 is 5.97 Å². The van der Waals surface area contributed by atoms with Gasteiger partial charge in [0.25, 0.3) is 0 Å². The third-order valence-electron chi connectivity index (χ3n) is 9.02. The minimum atomic E-state index is -0.819. The first kappa shape index (κ1) is 24.4. The van der Waals surface area contributed by atoms with Crippen molar-refractivity contribution >= 4 is 11.9 Å². The standard InChI is InChI=1S/C28H39NO6/c1-3-33-22-9-5-8-20-25-21(27(2,35-26(20)22)11-10-24(31)32)17-28(18-34-25)12-14-29(15-13-28)23(30)16-19-6-4-7-19/h5,8-9,19,21,25H,3-4,6-7,10-18H2,1-2H3,(H,31,32)/t21-,25+,27+/m0/s1. The zero-order valence-corrected chi connectivity index (χ0v) is 21.1. The predicted molar refractivity (Wildman–Crippen MR) is 131 cm³/mol. The Balaban J connectivity index is 1.35. The Morgan fingerprint density at radius 1 is 1.23 bits per heavy atom. The Bertz CT molecular complexity index is 951. The maximum atomic E-state index is 12.8. The van der Waals surface area contributed by atoms with Gasteiger partial charge in [-0.05, 0) is 69.8 Å². The number of carbonyl (C=O) groups excluding carboxylic acids is 1. The second kappa shape index (κ2) is 9.64. The number of fused-ring (bicyclic) bond motifs is 3. The maximum absolute atomic E-state index is 12.8. The highest BCUT2D eigenvalue weighted by Crippen LogP contribution is 2.58. The highest BCUT2D eigenvalue weighted by Gasteiger charge is 2.55. The number of likely N-dealkylation sites (tertiary alicyclic amines) is 1. The highest BCUT2D eigenvalue weighted by atomic mass is 16.5. The van der Waals surface area contributed by atoms with Gasteiger partial charge in [-0.25, -0.2) is 0 Å². The fraction of sp³-hybridized carbons (Fsp3) is 0.714. The number of carboxylic acid groups (broad SMARTS) is 1. The van der Waals surface area contributed by atoms with Crippen LogP contribution in [0.5, 0.6) is 11.5 Å². The number of benzene rings is 1. The van der Waals surface area contributed by atoms with E-state index in [1.54, 1.807) is 0 Å². The Kier molecular flexibility index (Phi) is 6.73. The molecule has 3 heterocycles. The largest absolute Gasteiger partial charge is 0.490 e. The lowest BCUT2D eigenvalue weighted by Crippen LogP contribution is -2.56. The molecule has 1 N–H and O–H groups in total. The van der Waals surface area contributed by atoms with Crippen LogP contribution in [0.4, 0.5) is 0 Å². The lowest BCUT2D eigenvalue weighted by Gasteiger charge is -2.55. The molecule has 1 aromatic carbocycles. The molecule has 4 aliphatic rings. The molecule has 35 heavy (non-hydrogen) atoms. The molecule has 192 valence electrons. The van der Waals surface area contributed by atoms with Gasteiger partial charge in [0.15, 0.2) is 11.5 Å². The summed E-state index contributed by atoms with van der Waals surface area (Å²) < 4.78 is 19.1. The van der Waals surface area contributed by atoms with Gasteiger partial charge in [-0.3, -0.25) is 9.59 Å². The number of rotatable bonds is 7. The summed E-state index contributed by atoms with van der Waals surface area (Å²) in [6, 6.07) is 5.93. The third-order valence-corrected chi connectivity index (χ3v) is 9.02. The summed E-state index contributed by atoms with van der Waals surface area (Å²) >= 11 is 0. The van der Waals surface area contributed by atoms with Crippen LogP contribution in [0, 0.1) is 17.3 Å². The van der Waals surface area contributed by atoms with Crippen LogP contribution >= 0.6 is 0 Å². The Labute approximate surface area is 208 Å². The van der Waals surface area contributed by atoms with E-state index in [0.29, 0.717) is 49.4 Å². The van der Waals surface area contributed by atoms with Gasteiger partial charge < -0.3 is 24.2 Å². The SMILES string of the molecule is CCOc1cccc2c1O[C@](C)(CCC(=O)O)[C@H]1CC3(CCN(C(=O)CC4CCC4)CC3)CO[C@H]21. The van der Waals surface area contributed by atoms with Crippen molar-refractivity contribution in [2.75, 3.05) is 26.3 Å². The quantitative estimate of drug-likeness (QED) is 0.586. The van der Waals surface area contributed by atoms with Crippen LogP contribution in [-0.2, 0) is 14.3 Å². The molecule has 2 saturated heterocycles. The molecule has 0 unspecified atom stereocenters. The van der Waals surface area contributed by atoms with E-state index in [0.717, 1.165) is 37.9 Å². The fourth-order valence-electron chi connectivity index (χ4n) is 6.55. The molecule has 0 bridgehead atoms. The van der Waals surface area contributed by atoms with Crippen molar-refractivity contribution in [3.63, 3.8) is 0 Å². The average molecular weight is 486 g/mol.